The van der Waals surface area contributed by atoms with Crippen LogP contribution in [0.1, 0.15) is 19.8 Å². The normalized spacial score (nSPS) is 20.4. The molecule has 100 valence electrons. The second-order valence-electron chi connectivity index (χ2n) is 4.14. The number of halogens is 4. The molecular weight excluding hydrogens is 242 g/mol. The first-order valence-electron chi connectivity index (χ1n) is 5.40. The van der Waals surface area contributed by atoms with Crippen molar-refractivity contribution in [2.45, 2.75) is 38.2 Å². The molecule has 1 unspecified atom stereocenters. The van der Waals surface area contributed by atoms with Gasteiger partial charge in [0.1, 0.15) is 0 Å². The second-order valence-corrected chi connectivity index (χ2v) is 4.14. The van der Waals surface area contributed by atoms with Crippen LogP contribution in [0, 0.1) is 5.92 Å². The maximum Gasteiger partial charge on any atom is 0.383 e. The van der Waals surface area contributed by atoms with Crippen molar-refractivity contribution in [1.82, 2.24) is 5.32 Å². The highest BCUT2D eigenvalue weighted by Gasteiger charge is 2.49. The molecule has 0 spiro atoms. The molecule has 17 heavy (non-hydrogen) atoms. The van der Waals surface area contributed by atoms with E-state index in [1.807, 2.05) is 5.32 Å². The minimum absolute atomic E-state index is 0.0128. The van der Waals surface area contributed by atoms with Gasteiger partial charge in [-0.3, -0.25) is 4.79 Å². The van der Waals surface area contributed by atoms with Crippen molar-refractivity contribution in [2.24, 2.45) is 5.92 Å². The third kappa shape index (κ3) is 3.55. The fourth-order valence-corrected chi connectivity index (χ4v) is 1.74. The molecule has 1 heterocycles. The molecular formula is C10H15F4NO2. The molecule has 0 aliphatic carbocycles. The van der Waals surface area contributed by atoms with E-state index in [4.69, 9.17) is 4.74 Å². The summed E-state index contributed by atoms with van der Waals surface area (Å²) in [6.07, 6.45) is -2.73. The lowest BCUT2D eigenvalue weighted by atomic mass is 9.93. The summed E-state index contributed by atoms with van der Waals surface area (Å²) in [4.78, 5) is 11.0. The molecule has 1 rings (SSSR count). The van der Waals surface area contributed by atoms with Gasteiger partial charge in [-0.15, -0.1) is 0 Å². The van der Waals surface area contributed by atoms with Gasteiger partial charge < -0.3 is 10.1 Å². The number of carbonyl (C=O) groups is 1. The number of ether oxygens (including phenoxy) is 1. The Kier molecular flexibility index (Phi) is 4.73. The van der Waals surface area contributed by atoms with Crippen molar-refractivity contribution in [3.05, 3.63) is 0 Å². The zero-order chi connectivity index (χ0) is 13.1. The van der Waals surface area contributed by atoms with Crippen LogP contribution in [0.15, 0.2) is 0 Å². The van der Waals surface area contributed by atoms with E-state index in [9.17, 15) is 22.4 Å². The van der Waals surface area contributed by atoms with E-state index < -0.39 is 24.3 Å². The molecule has 7 heteroatoms. The van der Waals surface area contributed by atoms with Crippen LogP contribution in [0.2, 0.25) is 0 Å². The number of hydrogen-bond donors (Lipinski definition) is 1. The minimum atomic E-state index is -4.63. The smallest absolute Gasteiger partial charge is 0.381 e. The predicted molar refractivity (Wildman–Crippen MR) is 52.1 cm³/mol. The summed E-state index contributed by atoms with van der Waals surface area (Å²) in [7, 11) is 0. The van der Waals surface area contributed by atoms with Crippen LogP contribution in [0.3, 0.4) is 0 Å². The largest absolute Gasteiger partial charge is 0.383 e. The number of hydrogen-bond acceptors (Lipinski definition) is 2. The predicted octanol–water partition coefficient (Wildman–Crippen LogP) is 1.82. The van der Waals surface area contributed by atoms with Crippen molar-refractivity contribution >= 4 is 5.91 Å². The Hall–Kier alpha value is -0.850. The van der Waals surface area contributed by atoms with Crippen LogP contribution in [0.25, 0.3) is 0 Å². The van der Waals surface area contributed by atoms with Crippen LogP contribution >= 0.6 is 0 Å². The Morgan fingerprint density at radius 3 is 2.35 bits per heavy atom. The summed E-state index contributed by atoms with van der Waals surface area (Å²) < 4.78 is 54.3. The van der Waals surface area contributed by atoms with Crippen LogP contribution in [-0.2, 0) is 9.53 Å². The first kappa shape index (κ1) is 14.2. The third-order valence-corrected chi connectivity index (χ3v) is 2.91. The molecule has 1 saturated heterocycles. The number of carbonyl (C=O) groups excluding carboxylic acids is 1. The lowest BCUT2D eigenvalue weighted by molar-refractivity contribution is -0.170. The Balaban J connectivity index is 2.50. The quantitative estimate of drug-likeness (QED) is 0.780. The highest BCUT2D eigenvalue weighted by atomic mass is 19.3. The molecule has 0 aromatic heterocycles. The number of nitrogens with one attached hydrogen (secondary N) is 1. The first-order valence-corrected chi connectivity index (χ1v) is 5.40. The highest BCUT2D eigenvalue weighted by Crippen LogP contribution is 2.24. The lowest BCUT2D eigenvalue weighted by Gasteiger charge is -2.29. The zero-order valence-electron chi connectivity index (χ0n) is 9.39. The van der Waals surface area contributed by atoms with Gasteiger partial charge >= 0.3 is 12.3 Å². The van der Waals surface area contributed by atoms with Gasteiger partial charge in [0, 0.05) is 19.3 Å². The van der Waals surface area contributed by atoms with Crippen molar-refractivity contribution < 1.29 is 27.1 Å². The molecule has 0 radical (unpaired) electrons. The number of amides is 1. The van der Waals surface area contributed by atoms with E-state index in [0.717, 1.165) is 0 Å². The zero-order valence-corrected chi connectivity index (χ0v) is 9.39. The van der Waals surface area contributed by atoms with Crippen molar-refractivity contribution in [1.29, 1.82) is 0 Å². The molecule has 1 aliphatic rings. The van der Waals surface area contributed by atoms with Gasteiger partial charge in [-0.2, -0.15) is 8.78 Å². The van der Waals surface area contributed by atoms with Gasteiger partial charge in [-0.05, 0) is 25.7 Å². The number of rotatable bonds is 4. The Morgan fingerprint density at radius 1 is 1.35 bits per heavy atom. The SMILES string of the molecule is CC(NC(=O)C(F)(F)C(F)F)C1CCOCC1. The van der Waals surface area contributed by atoms with E-state index in [0.29, 0.717) is 26.1 Å². The average Bonchev–Trinajstić information content (AvgIpc) is 2.29. The van der Waals surface area contributed by atoms with Gasteiger partial charge in [-0.1, -0.05) is 0 Å². The standard InChI is InChI=1S/C10H15F4NO2/c1-6(7-2-4-17-5-3-7)15-9(16)10(13,14)8(11)12/h6-8H,2-5H2,1H3,(H,15,16). The number of alkyl halides is 4. The van der Waals surface area contributed by atoms with Crippen molar-refractivity contribution in [2.75, 3.05) is 13.2 Å². The monoisotopic (exact) mass is 257 g/mol. The average molecular weight is 257 g/mol. The molecule has 3 nitrogen and oxygen atoms in total. The van der Waals surface area contributed by atoms with E-state index in [1.165, 1.54) is 6.92 Å². The minimum Gasteiger partial charge on any atom is -0.381 e. The molecule has 1 aliphatic heterocycles. The van der Waals surface area contributed by atoms with Gasteiger partial charge in [0.15, 0.2) is 0 Å². The maximum atomic E-state index is 12.7. The fraction of sp³-hybridized carbons (Fsp3) is 0.900. The molecule has 1 atom stereocenters. The van der Waals surface area contributed by atoms with E-state index >= 15 is 0 Å². The summed E-state index contributed by atoms with van der Waals surface area (Å²) >= 11 is 0. The van der Waals surface area contributed by atoms with Gasteiger partial charge in [0.2, 0.25) is 0 Å². The molecule has 0 aromatic rings. The summed E-state index contributed by atoms with van der Waals surface area (Å²) in [6, 6.07) is -0.559. The van der Waals surface area contributed by atoms with Crippen molar-refractivity contribution in [3.8, 4) is 0 Å². The van der Waals surface area contributed by atoms with Gasteiger partial charge in [-0.25, -0.2) is 8.78 Å². The van der Waals surface area contributed by atoms with Gasteiger partial charge in [0.05, 0.1) is 0 Å². The Bertz CT molecular complexity index is 267. The van der Waals surface area contributed by atoms with Gasteiger partial charge in [0.25, 0.3) is 5.91 Å². The molecule has 1 N–H and O–H groups in total. The lowest BCUT2D eigenvalue weighted by Crippen LogP contribution is -2.50. The topological polar surface area (TPSA) is 38.3 Å². The van der Waals surface area contributed by atoms with Crippen LogP contribution in [0.5, 0.6) is 0 Å². The first-order chi connectivity index (χ1) is 7.85. The third-order valence-electron chi connectivity index (χ3n) is 2.91. The fourth-order valence-electron chi connectivity index (χ4n) is 1.74. The summed E-state index contributed by atoms with van der Waals surface area (Å²) in [5.41, 5.74) is 0. The Labute approximate surface area is 96.5 Å². The van der Waals surface area contributed by atoms with E-state index in [-0.39, 0.29) is 5.92 Å². The van der Waals surface area contributed by atoms with E-state index in [2.05, 4.69) is 0 Å². The summed E-state index contributed by atoms with van der Waals surface area (Å²) in [5.74, 6) is -6.55. The Morgan fingerprint density at radius 2 is 1.88 bits per heavy atom. The van der Waals surface area contributed by atoms with E-state index in [1.54, 1.807) is 0 Å². The summed E-state index contributed by atoms with van der Waals surface area (Å²) in [5, 5.41) is 1.95. The molecule has 0 bridgehead atoms. The molecule has 0 saturated carbocycles. The molecule has 1 amide bonds. The maximum absolute atomic E-state index is 12.7. The highest BCUT2D eigenvalue weighted by molar-refractivity contribution is 5.84. The van der Waals surface area contributed by atoms with Crippen molar-refractivity contribution in [3.63, 3.8) is 0 Å². The second kappa shape index (κ2) is 5.66. The molecule has 0 aromatic carbocycles. The summed E-state index contributed by atoms with van der Waals surface area (Å²) in [6.45, 7) is 2.53. The van der Waals surface area contributed by atoms with Crippen LogP contribution < -0.4 is 5.32 Å². The van der Waals surface area contributed by atoms with Crippen LogP contribution in [-0.4, -0.2) is 37.5 Å². The van der Waals surface area contributed by atoms with Crippen LogP contribution in [0.4, 0.5) is 17.6 Å². The molecule has 1 fully saturated rings.